The van der Waals surface area contributed by atoms with Crippen LogP contribution in [0.15, 0.2) is 48.5 Å². The van der Waals surface area contributed by atoms with E-state index in [0.29, 0.717) is 5.56 Å². The Morgan fingerprint density at radius 2 is 1.78 bits per heavy atom. The van der Waals surface area contributed by atoms with E-state index in [1.807, 2.05) is 48.5 Å². The predicted molar refractivity (Wildman–Crippen MR) is 89.8 cm³/mol. The maximum absolute atomic E-state index is 11.9. The van der Waals surface area contributed by atoms with Crippen LogP contribution in [0.2, 0.25) is 0 Å². The summed E-state index contributed by atoms with van der Waals surface area (Å²) in [5, 5.41) is 0. The average Bonchev–Trinajstić information content (AvgIpc) is 2.93. The lowest BCUT2D eigenvalue weighted by Gasteiger charge is -2.12. The molecule has 120 valence electrons. The SMILES string of the molecule is CCCCCCOc1ccc([C@@H]2OC(=O)c3ccccc32)cc1. The van der Waals surface area contributed by atoms with Crippen molar-refractivity contribution in [3.63, 3.8) is 0 Å². The molecule has 0 spiro atoms. The molecule has 0 unspecified atom stereocenters. The molecule has 1 heterocycles. The van der Waals surface area contributed by atoms with Gasteiger partial charge in [-0.3, -0.25) is 0 Å². The fourth-order valence-corrected chi connectivity index (χ4v) is 2.85. The number of ether oxygens (including phenoxy) is 2. The summed E-state index contributed by atoms with van der Waals surface area (Å²) in [5.41, 5.74) is 2.57. The van der Waals surface area contributed by atoms with Crippen LogP contribution in [0.5, 0.6) is 5.75 Å². The molecule has 3 nitrogen and oxygen atoms in total. The molecule has 2 aromatic rings. The van der Waals surface area contributed by atoms with Crippen molar-refractivity contribution in [3.05, 3.63) is 65.2 Å². The smallest absolute Gasteiger partial charge is 0.339 e. The molecule has 0 saturated heterocycles. The number of hydrogen-bond donors (Lipinski definition) is 0. The zero-order valence-corrected chi connectivity index (χ0v) is 13.5. The molecule has 0 bridgehead atoms. The van der Waals surface area contributed by atoms with Crippen molar-refractivity contribution in [2.24, 2.45) is 0 Å². The van der Waals surface area contributed by atoms with Crippen molar-refractivity contribution < 1.29 is 14.3 Å². The van der Waals surface area contributed by atoms with Gasteiger partial charge >= 0.3 is 5.97 Å². The number of carbonyl (C=O) groups excluding carboxylic acids is 1. The number of benzene rings is 2. The maximum Gasteiger partial charge on any atom is 0.339 e. The van der Waals surface area contributed by atoms with Crippen LogP contribution in [0.25, 0.3) is 0 Å². The monoisotopic (exact) mass is 310 g/mol. The largest absolute Gasteiger partial charge is 0.494 e. The Morgan fingerprint density at radius 1 is 1.00 bits per heavy atom. The third-order valence-corrected chi connectivity index (χ3v) is 4.14. The Labute approximate surface area is 137 Å². The fraction of sp³-hybridized carbons (Fsp3) is 0.350. The van der Waals surface area contributed by atoms with Gasteiger partial charge in [-0.2, -0.15) is 0 Å². The van der Waals surface area contributed by atoms with Crippen LogP contribution in [0.3, 0.4) is 0 Å². The summed E-state index contributed by atoms with van der Waals surface area (Å²) in [5.74, 6) is 0.615. The van der Waals surface area contributed by atoms with Gasteiger partial charge in [0.1, 0.15) is 5.75 Å². The molecule has 0 saturated carbocycles. The normalized spacial score (nSPS) is 16.0. The maximum atomic E-state index is 11.9. The van der Waals surface area contributed by atoms with Crippen LogP contribution in [0.1, 0.15) is 60.2 Å². The summed E-state index contributed by atoms with van der Waals surface area (Å²) in [6.45, 7) is 2.95. The molecule has 0 N–H and O–H groups in total. The first kappa shape index (κ1) is 15.6. The highest BCUT2D eigenvalue weighted by Gasteiger charge is 2.31. The first-order valence-electron chi connectivity index (χ1n) is 8.32. The van der Waals surface area contributed by atoms with Crippen LogP contribution in [0.4, 0.5) is 0 Å². The van der Waals surface area contributed by atoms with E-state index < -0.39 is 0 Å². The molecule has 0 aliphatic carbocycles. The second kappa shape index (κ2) is 7.32. The van der Waals surface area contributed by atoms with E-state index >= 15 is 0 Å². The Kier molecular flexibility index (Phi) is 4.96. The quantitative estimate of drug-likeness (QED) is 0.538. The Hall–Kier alpha value is -2.29. The minimum Gasteiger partial charge on any atom is -0.494 e. The number of rotatable bonds is 7. The number of esters is 1. The summed E-state index contributed by atoms with van der Waals surface area (Å²) in [6.07, 6.45) is 4.48. The van der Waals surface area contributed by atoms with Gasteiger partial charge in [0.15, 0.2) is 6.10 Å². The van der Waals surface area contributed by atoms with Gasteiger partial charge in [-0.25, -0.2) is 4.79 Å². The summed E-state index contributed by atoms with van der Waals surface area (Å²) in [4.78, 5) is 11.9. The second-order valence-corrected chi connectivity index (χ2v) is 5.85. The van der Waals surface area contributed by atoms with Gasteiger partial charge in [-0.1, -0.05) is 56.5 Å². The molecule has 0 amide bonds. The van der Waals surface area contributed by atoms with Crippen LogP contribution in [-0.2, 0) is 4.74 Å². The third kappa shape index (κ3) is 3.55. The van der Waals surface area contributed by atoms with Crippen molar-refractivity contribution in [2.45, 2.75) is 38.7 Å². The van der Waals surface area contributed by atoms with Crippen LogP contribution in [0, 0.1) is 0 Å². The van der Waals surface area contributed by atoms with Gasteiger partial charge < -0.3 is 9.47 Å². The zero-order chi connectivity index (χ0) is 16.1. The molecule has 1 aliphatic rings. The lowest BCUT2D eigenvalue weighted by atomic mass is 9.99. The highest BCUT2D eigenvalue weighted by Crippen LogP contribution is 2.36. The van der Waals surface area contributed by atoms with E-state index in [0.717, 1.165) is 29.9 Å². The zero-order valence-electron chi connectivity index (χ0n) is 13.5. The number of hydrogen-bond acceptors (Lipinski definition) is 3. The van der Waals surface area contributed by atoms with Crippen molar-refractivity contribution in [2.75, 3.05) is 6.61 Å². The number of cyclic esters (lactones) is 1. The van der Waals surface area contributed by atoms with Crippen LogP contribution in [-0.4, -0.2) is 12.6 Å². The molecular formula is C20H22O3. The molecule has 0 radical (unpaired) electrons. The van der Waals surface area contributed by atoms with Gasteiger partial charge in [0.2, 0.25) is 0 Å². The van der Waals surface area contributed by atoms with Gasteiger partial charge in [-0.05, 0) is 30.2 Å². The first-order chi connectivity index (χ1) is 11.3. The molecule has 1 atom stereocenters. The summed E-state index contributed by atoms with van der Waals surface area (Å²) in [6, 6.07) is 15.4. The third-order valence-electron chi connectivity index (χ3n) is 4.14. The number of carbonyl (C=O) groups is 1. The van der Waals surface area contributed by atoms with E-state index in [2.05, 4.69) is 6.92 Å². The number of fused-ring (bicyclic) bond motifs is 1. The van der Waals surface area contributed by atoms with Gasteiger partial charge in [0.25, 0.3) is 0 Å². The van der Waals surface area contributed by atoms with E-state index in [4.69, 9.17) is 9.47 Å². The minimum absolute atomic E-state index is 0.248. The van der Waals surface area contributed by atoms with Crippen molar-refractivity contribution in [1.82, 2.24) is 0 Å². The van der Waals surface area contributed by atoms with E-state index in [-0.39, 0.29) is 12.1 Å². The minimum atomic E-state index is -0.308. The Bertz CT molecular complexity index is 661. The summed E-state index contributed by atoms with van der Waals surface area (Å²) < 4.78 is 11.3. The van der Waals surface area contributed by atoms with E-state index in [9.17, 15) is 4.79 Å². The van der Waals surface area contributed by atoms with Crippen molar-refractivity contribution in [1.29, 1.82) is 0 Å². The van der Waals surface area contributed by atoms with E-state index in [1.165, 1.54) is 19.3 Å². The van der Waals surface area contributed by atoms with Crippen LogP contribution < -0.4 is 4.74 Å². The summed E-state index contributed by atoms with van der Waals surface area (Å²) >= 11 is 0. The lowest BCUT2D eigenvalue weighted by Crippen LogP contribution is -2.01. The highest BCUT2D eigenvalue weighted by atomic mass is 16.5. The molecule has 0 fully saturated rings. The Balaban J connectivity index is 1.63. The summed E-state index contributed by atoms with van der Waals surface area (Å²) in [7, 11) is 0. The molecule has 2 aromatic carbocycles. The molecule has 0 aromatic heterocycles. The van der Waals surface area contributed by atoms with Crippen molar-refractivity contribution in [3.8, 4) is 5.75 Å². The van der Waals surface area contributed by atoms with Crippen LogP contribution >= 0.6 is 0 Å². The fourth-order valence-electron chi connectivity index (χ4n) is 2.85. The van der Waals surface area contributed by atoms with Gasteiger partial charge in [0.05, 0.1) is 12.2 Å². The molecular weight excluding hydrogens is 288 g/mol. The second-order valence-electron chi connectivity index (χ2n) is 5.85. The van der Waals surface area contributed by atoms with Crippen molar-refractivity contribution >= 4 is 5.97 Å². The Morgan fingerprint density at radius 3 is 2.57 bits per heavy atom. The molecule has 3 heteroatoms. The van der Waals surface area contributed by atoms with Gasteiger partial charge in [-0.15, -0.1) is 0 Å². The topological polar surface area (TPSA) is 35.5 Å². The lowest BCUT2D eigenvalue weighted by molar-refractivity contribution is 0.0456. The molecule has 23 heavy (non-hydrogen) atoms. The molecule has 3 rings (SSSR count). The van der Waals surface area contributed by atoms with E-state index in [1.54, 1.807) is 0 Å². The predicted octanol–water partition coefficient (Wildman–Crippen LogP) is 4.91. The average molecular weight is 310 g/mol. The standard InChI is InChI=1S/C20H22O3/c1-2-3-4-7-14-22-16-12-10-15(11-13-16)19-17-8-5-6-9-18(17)20(21)23-19/h5-6,8-13,19H,2-4,7,14H2,1H3/t19-/m0/s1. The highest BCUT2D eigenvalue weighted by molar-refractivity contribution is 5.94. The first-order valence-corrected chi connectivity index (χ1v) is 8.32. The van der Waals surface area contributed by atoms with Gasteiger partial charge in [0, 0.05) is 5.56 Å². The number of unbranched alkanes of at least 4 members (excludes halogenated alkanes) is 3. The molecule has 1 aliphatic heterocycles.